The second-order valence-electron chi connectivity index (χ2n) is 6.22. The van der Waals surface area contributed by atoms with E-state index in [0.29, 0.717) is 43.8 Å². The van der Waals surface area contributed by atoms with Crippen LogP contribution in [-0.4, -0.2) is 40.6 Å². The van der Waals surface area contributed by atoms with Crippen molar-refractivity contribution in [2.75, 3.05) is 40.6 Å². The zero-order valence-corrected chi connectivity index (χ0v) is 15.9. The molecule has 0 bridgehead atoms. The van der Waals surface area contributed by atoms with Crippen LogP contribution >= 0.6 is 0 Å². The van der Waals surface area contributed by atoms with Gasteiger partial charge < -0.3 is 18.9 Å². The van der Waals surface area contributed by atoms with E-state index < -0.39 is 0 Å². The summed E-state index contributed by atoms with van der Waals surface area (Å²) in [6, 6.07) is 10.4. The van der Waals surface area contributed by atoms with Crippen molar-refractivity contribution in [3.8, 4) is 22.6 Å². The largest absolute Gasteiger partial charge is 0.493 e. The smallest absolute Gasteiger partial charge is 0.169 e. The average Bonchev–Trinajstić information content (AvgIpc) is 2.64. The van der Waals surface area contributed by atoms with Crippen LogP contribution in [-0.2, 0) is 9.47 Å². The number of ether oxygens (including phenoxy) is 4. The standard InChI is InChI=1S/C21H27FO4/c1-15(2)17-13-19(16-5-7-18(22)8-6-16)21(20(14-17)24-4)26-12-11-25-10-9-23-3/h5-8,13-15H,9-12H2,1-4H3. The molecule has 0 aliphatic heterocycles. The fourth-order valence-electron chi connectivity index (χ4n) is 2.55. The highest BCUT2D eigenvalue weighted by molar-refractivity contribution is 5.75. The highest BCUT2D eigenvalue weighted by Gasteiger charge is 2.16. The maximum Gasteiger partial charge on any atom is 0.169 e. The van der Waals surface area contributed by atoms with Gasteiger partial charge in [-0.1, -0.05) is 26.0 Å². The average molecular weight is 362 g/mol. The first kappa shape index (κ1) is 20.2. The molecule has 0 aliphatic rings. The van der Waals surface area contributed by atoms with E-state index in [1.54, 1.807) is 26.4 Å². The highest BCUT2D eigenvalue weighted by atomic mass is 19.1. The Morgan fingerprint density at radius 3 is 2.23 bits per heavy atom. The Balaban J connectivity index is 2.29. The lowest BCUT2D eigenvalue weighted by atomic mass is 9.96. The van der Waals surface area contributed by atoms with Crippen LogP contribution in [0.5, 0.6) is 11.5 Å². The molecule has 0 atom stereocenters. The van der Waals surface area contributed by atoms with Gasteiger partial charge >= 0.3 is 0 Å². The Kier molecular flexibility index (Phi) is 7.88. The SMILES string of the molecule is COCCOCCOc1c(OC)cc(C(C)C)cc1-c1ccc(F)cc1. The van der Waals surface area contributed by atoms with E-state index in [1.165, 1.54) is 12.1 Å². The monoisotopic (exact) mass is 362 g/mol. The van der Waals surface area contributed by atoms with Gasteiger partial charge in [0.25, 0.3) is 0 Å². The molecule has 0 saturated carbocycles. The fraction of sp³-hybridized carbons (Fsp3) is 0.429. The zero-order valence-electron chi connectivity index (χ0n) is 15.9. The summed E-state index contributed by atoms with van der Waals surface area (Å²) in [6.45, 7) is 6.14. The molecule has 0 fully saturated rings. The minimum Gasteiger partial charge on any atom is -0.493 e. The summed E-state index contributed by atoms with van der Waals surface area (Å²) in [4.78, 5) is 0. The Morgan fingerprint density at radius 1 is 0.923 bits per heavy atom. The van der Waals surface area contributed by atoms with Gasteiger partial charge in [0.15, 0.2) is 11.5 Å². The molecule has 0 saturated heterocycles. The fourth-order valence-corrected chi connectivity index (χ4v) is 2.55. The molecular formula is C21H27FO4. The van der Waals surface area contributed by atoms with Crippen molar-refractivity contribution < 1.29 is 23.3 Å². The molecule has 0 aliphatic carbocycles. The number of benzene rings is 2. The predicted molar refractivity (Wildman–Crippen MR) is 101 cm³/mol. The van der Waals surface area contributed by atoms with Crippen LogP contribution in [0.3, 0.4) is 0 Å². The van der Waals surface area contributed by atoms with Gasteiger partial charge in [0.1, 0.15) is 12.4 Å². The number of halogens is 1. The van der Waals surface area contributed by atoms with E-state index in [2.05, 4.69) is 19.9 Å². The van der Waals surface area contributed by atoms with Gasteiger partial charge in [-0.2, -0.15) is 0 Å². The molecule has 2 aromatic carbocycles. The lowest BCUT2D eigenvalue weighted by Crippen LogP contribution is -2.11. The summed E-state index contributed by atoms with van der Waals surface area (Å²) < 4.78 is 35.3. The number of hydrogen-bond donors (Lipinski definition) is 0. The third-order valence-corrected chi connectivity index (χ3v) is 4.02. The molecule has 142 valence electrons. The first-order valence-corrected chi connectivity index (χ1v) is 8.74. The predicted octanol–water partition coefficient (Wildman–Crippen LogP) is 4.67. The molecule has 0 amide bonds. The van der Waals surface area contributed by atoms with Gasteiger partial charge in [-0.05, 0) is 41.3 Å². The first-order chi connectivity index (χ1) is 12.6. The highest BCUT2D eigenvalue weighted by Crippen LogP contribution is 2.41. The van der Waals surface area contributed by atoms with Gasteiger partial charge in [-0.15, -0.1) is 0 Å². The number of hydrogen-bond acceptors (Lipinski definition) is 4. The molecule has 2 aromatic rings. The van der Waals surface area contributed by atoms with Gasteiger partial charge in [-0.25, -0.2) is 4.39 Å². The third kappa shape index (κ3) is 5.44. The second-order valence-corrected chi connectivity index (χ2v) is 6.22. The molecule has 5 heteroatoms. The van der Waals surface area contributed by atoms with E-state index >= 15 is 0 Å². The Morgan fingerprint density at radius 2 is 1.62 bits per heavy atom. The van der Waals surface area contributed by atoms with Gasteiger partial charge in [0.2, 0.25) is 0 Å². The zero-order chi connectivity index (χ0) is 18.9. The molecule has 2 rings (SSSR count). The van der Waals surface area contributed by atoms with Gasteiger partial charge in [0, 0.05) is 12.7 Å². The molecule has 26 heavy (non-hydrogen) atoms. The molecule has 4 nitrogen and oxygen atoms in total. The van der Waals surface area contributed by atoms with Crippen molar-refractivity contribution in [1.82, 2.24) is 0 Å². The summed E-state index contributed by atoms with van der Waals surface area (Å²) in [5, 5.41) is 0. The van der Waals surface area contributed by atoms with E-state index in [-0.39, 0.29) is 5.82 Å². The molecular weight excluding hydrogens is 335 g/mol. The molecule has 0 spiro atoms. The van der Waals surface area contributed by atoms with Crippen LogP contribution in [0.15, 0.2) is 36.4 Å². The topological polar surface area (TPSA) is 36.9 Å². The lowest BCUT2D eigenvalue weighted by molar-refractivity contribution is 0.0541. The van der Waals surface area contributed by atoms with Crippen molar-refractivity contribution in [1.29, 1.82) is 0 Å². The summed E-state index contributed by atoms with van der Waals surface area (Å²) in [7, 11) is 3.26. The van der Waals surface area contributed by atoms with Crippen molar-refractivity contribution in [2.24, 2.45) is 0 Å². The van der Waals surface area contributed by atoms with Crippen LogP contribution in [0.25, 0.3) is 11.1 Å². The minimum atomic E-state index is -0.269. The summed E-state index contributed by atoms with van der Waals surface area (Å²) in [5.41, 5.74) is 2.89. The van der Waals surface area contributed by atoms with Gasteiger partial charge in [-0.3, -0.25) is 0 Å². The third-order valence-electron chi connectivity index (χ3n) is 4.02. The van der Waals surface area contributed by atoms with Crippen molar-refractivity contribution >= 4 is 0 Å². The van der Waals surface area contributed by atoms with E-state index in [1.807, 2.05) is 6.07 Å². The maximum atomic E-state index is 13.3. The first-order valence-electron chi connectivity index (χ1n) is 8.74. The van der Waals surface area contributed by atoms with E-state index in [0.717, 1.165) is 16.7 Å². The number of methoxy groups -OCH3 is 2. The van der Waals surface area contributed by atoms with Crippen LogP contribution in [0.2, 0.25) is 0 Å². The van der Waals surface area contributed by atoms with Crippen LogP contribution in [0.1, 0.15) is 25.3 Å². The Bertz CT molecular complexity index is 683. The van der Waals surface area contributed by atoms with E-state index in [4.69, 9.17) is 18.9 Å². The van der Waals surface area contributed by atoms with Crippen LogP contribution in [0.4, 0.5) is 4.39 Å². The number of rotatable bonds is 10. The Labute approximate surface area is 154 Å². The van der Waals surface area contributed by atoms with Gasteiger partial charge in [0.05, 0.1) is 26.9 Å². The van der Waals surface area contributed by atoms with Crippen LogP contribution < -0.4 is 9.47 Å². The molecule has 0 unspecified atom stereocenters. The summed E-state index contributed by atoms with van der Waals surface area (Å²) in [6.07, 6.45) is 0. The molecule has 0 radical (unpaired) electrons. The summed E-state index contributed by atoms with van der Waals surface area (Å²) in [5.74, 6) is 1.36. The van der Waals surface area contributed by atoms with Crippen molar-refractivity contribution in [3.05, 3.63) is 47.8 Å². The Hall–Kier alpha value is -2.11. The van der Waals surface area contributed by atoms with Crippen molar-refractivity contribution in [3.63, 3.8) is 0 Å². The quantitative estimate of drug-likeness (QED) is 0.576. The molecule has 0 N–H and O–H groups in total. The maximum absolute atomic E-state index is 13.3. The molecule has 0 heterocycles. The van der Waals surface area contributed by atoms with Crippen molar-refractivity contribution in [2.45, 2.75) is 19.8 Å². The lowest BCUT2D eigenvalue weighted by Gasteiger charge is -2.18. The molecule has 0 aromatic heterocycles. The van der Waals surface area contributed by atoms with Crippen LogP contribution in [0, 0.1) is 5.82 Å². The van der Waals surface area contributed by atoms with E-state index in [9.17, 15) is 4.39 Å². The summed E-state index contributed by atoms with van der Waals surface area (Å²) >= 11 is 0. The normalized spacial score (nSPS) is 11.0. The minimum absolute atomic E-state index is 0.269. The second kappa shape index (κ2) is 10.1.